The van der Waals surface area contributed by atoms with Crippen molar-refractivity contribution in [2.75, 3.05) is 132 Å². The second-order valence-corrected chi connectivity index (χ2v) is 9.78. The second kappa shape index (κ2) is 27.2. The summed E-state index contributed by atoms with van der Waals surface area (Å²) in [5.41, 5.74) is 7.23. The minimum absolute atomic E-state index is 0.515. The molecule has 2 heterocycles. The van der Waals surface area contributed by atoms with E-state index < -0.39 is 0 Å². The Morgan fingerprint density at radius 1 is 0.500 bits per heavy atom. The number of aromatic nitrogens is 6. The number of nitrogens with two attached hydrogens (primary N) is 1. The zero-order chi connectivity index (χ0) is 31.3. The van der Waals surface area contributed by atoms with Crippen LogP contribution in [0.2, 0.25) is 0 Å². The molecule has 0 saturated carbocycles. The molecule has 2 N–H and O–H groups in total. The molecule has 0 aliphatic carbocycles. The Hall–Kier alpha value is -2.12. The first kappa shape index (κ1) is 38.1. The molecule has 0 radical (unpaired) electrons. The highest BCUT2D eigenvalue weighted by atomic mass is 16.6. The van der Waals surface area contributed by atoms with Crippen molar-refractivity contribution in [3.63, 3.8) is 0 Å². The van der Waals surface area contributed by atoms with Gasteiger partial charge in [-0.25, -0.2) is 9.36 Å². The maximum atomic E-state index is 5.77. The lowest BCUT2D eigenvalue weighted by molar-refractivity contribution is -0.00357. The molecular formula is C28H54N8O8. The van der Waals surface area contributed by atoms with Crippen LogP contribution in [0.1, 0.15) is 11.4 Å². The van der Waals surface area contributed by atoms with E-state index in [1.54, 1.807) is 9.36 Å². The van der Waals surface area contributed by atoms with Crippen molar-refractivity contribution in [3.05, 3.63) is 23.8 Å². The summed E-state index contributed by atoms with van der Waals surface area (Å²) in [4.78, 5) is 2.26. The molecular weight excluding hydrogens is 576 g/mol. The van der Waals surface area contributed by atoms with Gasteiger partial charge in [-0.1, -0.05) is 10.4 Å². The molecule has 16 nitrogen and oxygen atoms in total. The summed E-state index contributed by atoms with van der Waals surface area (Å²) in [5.74, 6) is 0. The van der Waals surface area contributed by atoms with E-state index in [4.69, 9.17) is 43.6 Å². The summed E-state index contributed by atoms with van der Waals surface area (Å²) in [6.07, 6.45) is 3.77. The highest BCUT2D eigenvalue weighted by Gasteiger charge is 2.06. The predicted molar refractivity (Wildman–Crippen MR) is 162 cm³/mol. The van der Waals surface area contributed by atoms with E-state index in [0.29, 0.717) is 125 Å². The van der Waals surface area contributed by atoms with E-state index in [9.17, 15) is 0 Å². The molecule has 2 aromatic rings. The van der Waals surface area contributed by atoms with Crippen LogP contribution in [0.5, 0.6) is 0 Å². The van der Waals surface area contributed by atoms with Crippen LogP contribution >= 0.6 is 0 Å². The van der Waals surface area contributed by atoms with Gasteiger partial charge in [-0.3, -0.25) is 4.90 Å². The summed E-state index contributed by atoms with van der Waals surface area (Å²) in [6.45, 7) is 16.8. The van der Waals surface area contributed by atoms with Gasteiger partial charge in [0.05, 0.1) is 130 Å². The number of hydrogen-bond donors (Lipinski definition) is 1. The van der Waals surface area contributed by atoms with Crippen LogP contribution < -0.4 is 5.73 Å². The average molecular weight is 631 g/mol. The van der Waals surface area contributed by atoms with Gasteiger partial charge < -0.3 is 43.6 Å². The zero-order valence-corrected chi connectivity index (χ0v) is 26.7. The molecule has 0 aliphatic heterocycles. The number of aryl methyl sites for hydroxylation is 2. The van der Waals surface area contributed by atoms with Gasteiger partial charge in [0.2, 0.25) is 0 Å². The van der Waals surface area contributed by atoms with Gasteiger partial charge in [0.15, 0.2) is 0 Å². The first-order valence-electron chi connectivity index (χ1n) is 15.4. The molecule has 0 bridgehead atoms. The lowest BCUT2D eigenvalue weighted by Crippen LogP contribution is -2.34. The topological polar surface area (TPSA) is 165 Å². The minimum atomic E-state index is 0.515. The van der Waals surface area contributed by atoms with Gasteiger partial charge >= 0.3 is 0 Å². The highest BCUT2D eigenvalue weighted by Crippen LogP contribution is 1.94. The molecule has 0 amide bonds. The lowest BCUT2D eigenvalue weighted by atomic mass is 10.4. The number of nitrogens with zero attached hydrogens (tertiary/aromatic N) is 7. The normalized spacial score (nSPS) is 11.7. The summed E-state index contributed by atoms with van der Waals surface area (Å²) in [7, 11) is 0. The van der Waals surface area contributed by atoms with Crippen molar-refractivity contribution in [3.8, 4) is 0 Å². The molecule has 254 valence electrons. The van der Waals surface area contributed by atoms with Crippen molar-refractivity contribution in [1.29, 1.82) is 0 Å². The molecule has 0 spiro atoms. The Kier molecular flexibility index (Phi) is 23.5. The first-order chi connectivity index (χ1) is 21.7. The summed E-state index contributed by atoms with van der Waals surface area (Å²) in [5, 5.41) is 15.9. The maximum Gasteiger partial charge on any atom is 0.0796 e. The van der Waals surface area contributed by atoms with Gasteiger partial charge in [0.25, 0.3) is 0 Å². The molecule has 2 rings (SSSR count). The van der Waals surface area contributed by atoms with Gasteiger partial charge in [-0.15, -0.1) is 10.2 Å². The first-order valence-corrected chi connectivity index (χ1v) is 15.4. The van der Waals surface area contributed by atoms with Crippen LogP contribution in [0.15, 0.2) is 12.4 Å². The summed E-state index contributed by atoms with van der Waals surface area (Å²) >= 11 is 0. The van der Waals surface area contributed by atoms with E-state index in [-0.39, 0.29) is 0 Å². The van der Waals surface area contributed by atoms with E-state index >= 15 is 0 Å². The van der Waals surface area contributed by atoms with Crippen LogP contribution in [0.25, 0.3) is 0 Å². The fraction of sp³-hybridized carbons (Fsp3) is 0.857. The lowest BCUT2D eigenvalue weighted by Gasteiger charge is -2.22. The van der Waals surface area contributed by atoms with Crippen LogP contribution in [-0.4, -0.2) is 167 Å². The van der Waals surface area contributed by atoms with Crippen molar-refractivity contribution < 1.29 is 37.9 Å². The summed E-state index contributed by atoms with van der Waals surface area (Å²) < 4.78 is 48.4. The average Bonchev–Trinajstić information content (AvgIpc) is 3.64. The third kappa shape index (κ3) is 21.6. The van der Waals surface area contributed by atoms with E-state index in [2.05, 4.69) is 25.5 Å². The molecule has 0 aromatic carbocycles. The Morgan fingerprint density at radius 3 is 1.14 bits per heavy atom. The molecule has 2 aromatic heterocycles. The number of ether oxygens (including phenoxy) is 8. The Bertz CT molecular complexity index is 844. The van der Waals surface area contributed by atoms with Crippen molar-refractivity contribution in [2.24, 2.45) is 5.73 Å². The largest absolute Gasteiger partial charge is 0.378 e. The monoisotopic (exact) mass is 630 g/mol. The Morgan fingerprint density at radius 2 is 0.818 bits per heavy atom. The van der Waals surface area contributed by atoms with Gasteiger partial charge in [0, 0.05) is 38.6 Å². The maximum absolute atomic E-state index is 5.77. The third-order valence-electron chi connectivity index (χ3n) is 6.01. The van der Waals surface area contributed by atoms with Gasteiger partial charge in [-0.05, 0) is 13.8 Å². The summed E-state index contributed by atoms with van der Waals surface area (Å²) in [6, 6.07) is 0. The highest BCUT2D eigenvalue weighted by molar-refractivity contribution is 4.86. The SMILES string of the molecule is Cc1cn(CCOCCOCCOCCN(CCOCCOCCN)CCOCCOCCOCCn2cc(C)nn2)nn1. The quantitative estimate of drug-likeness (QED) is 0.104. The van der Waals surface area contributed by atoms with E-state index in [1.165, 1.54) is 0 Å². The minimum Gasteiger partial charge on any atom is -0.378 e. The van der Waals surface area contributed by atoms with Crippen molar-refractivity contribution in [1.82, 2.24) is 34.9 Å². The van der Waals surface area contributed by atoms with Crippen molar-refractivity contribution >= 4 is 0 Å². The van der Waals surface area contributed by atoms with Crippen LogP contribution in [0.3, 0.4) is 0 Å². The molecule has 0 unspecified atom stereocenters. The van der Waals surface area contributed by atoms with Gasteiger partial charge in [-0.2, -0.15) is 0 Å². The molecule has 0 saturated heterocycles. The standard InChI is InChI=1S/C28H54N8O8/c1-27-25-35(32-30-27)7-13-41-19-23-43-21-17-39-11-5-34(4-10-38-16-15-37-9-3-29)6-12-40-18-22-44-24-20-42-14-8-36-26-28(2)31-33-36/h25-26H,3-24,29H2,1-2H3. The fourth-order valence-electron chi connectivity index (χ4n) is 3.73. The smallest absolute Gasteiger partial charge is 0.0796 e. The number of hydrogen-bond acceptors (Lipinski definition) is 14. The second-order valence-electron chi connectivity index (χ2n) is 9.78. The Labute approximate surface area is 261 Å². The Balaban J connectivity index is 1.43. The zero-order valence-electron chi connectivity index (χ0n) is 26.7. The molecule has 44 heavy (non-hydrogen) atoms. The van der Waals surface area contributed by atoms with E-state index in [0.717, 1.165) is 31.0 Å². The fourth-order valence-corrected chi connectivity index (χ4v) is 3.73. The molecule has 0 fully saturated rings. The molecule has 0 aliphatic rings. The van der Waals surface area contributed by atoms with Crippen molar-refractivity contribution in [2.45, 2.75) is 26.9 Å². The molecule has 16 heteroatoms. The van der Waals surface area contributed by atoms with E-state index in [1.807, 2.05) is 26.2 Å². The predicted octanol–water partition coefficient (Wildman–Crippen LogP) is -0.420. The number of rotatable bonds is 32. The van der Waals surface area contributed by atoms with Gasteiger partial charge in [0.1, 0.15) is 0 Å². The van der Waals surface area contributed by atoms with Crippen LogP contribution in [0.4, 0.5) is 0 Å². The van der Waals surface area contributed by atoms with Crippen LogP contribution in [0, 0.1) is 13.8 Å². The third-order valence-corrected chi connectivity index (χ3v) is 6.01. The molecule has 0 atom stereocenters. The van der Waals surface area contributed by atoms with Crippen LogP contribution in [-0.2, 0) is 51.0 Å².